The second-order valence-electron chi connectivity index (χ2n) is 39.2. The van der Waals surface area contributed by atoms with Crippen LogP contribution in [-0.4, -0.2) is 77.6 Å². The number of hydrogen-bond donors (Lipinski definition) is 1. The minimum atomic E-state index is -0.323. The molecule has 4 rings (SSSR count). The highest BCUT2D eigenvalue weighted by Gasteiger charge is 2.21. The second kappa shape index (κ2) is 87.9. The van der Waals surface area contributed by atoms with Gasteiger partial charge in [-0.2, -0.15) is 0 Å². The summed E-state index contributed by atoms with van der Waals surface area (Å²) < 4.78 is 50.6. The smallest absolute Gasteiger partial charge is 0.203 e. The number of unbranched alkanes of at least 4 members (excludes halogenated alkanes) is 68. The van der Waals surface area contributed by atoms with Gasteiger partial charge in [0.15, 0.2) is 23.1 Å². The number of carbonyl (C=O) groups excluding carboxylic acids is 2. The van der Waals surface area contributed by atoms with Crippen LogP contribution < -0.4 is 34.2 Å². The molecule has 11 nitrogen and oxygen atoms in total. The van der Waals surface area contributed by atoms with Crippen molar-refractivity contribution in [2.45, 2.75) is 536 Å². The molecule has 0 amide bonds. The number of aryl methyl sites for hydroxylation is 1. The van der Waals surface area contributed by atoms with Gasteiger partial charge in [-0.05, 0) is 123 Å². The molecule has 130 heavy (non-hydrogen) atoms. The maximum atomic E-state index is 14.3. The van der Waals surface area contributed by atoms with Gasteiger partial charge in [0.25, 0.3) is 0 Å². The SMILES string of the molecule is CCCCCCCCCCCCCCCCCCCCOc1cc(C(=O)CCCOCCOc2ccc(C(N)c3ccc(OCCOCCCC(=O)c4cc(OCCCCCCCCCCCCCCCCCCCC)c(OCCCCCCCCCCCCCCCCCCCC)c(OCCCCCCCCCCCCCCCCCCCC)c4)cc3)cc2)cc(C)c1C. The number of ketones is 2. The quantitative estimate of drug-likeness (QED) is 0.0334. The van der Waals surface area contributed by atoms with E-state index in [9.17, 15) is 9.59 Å². The van der Waals surface area contributed by atoms with Gasteiger partial charge in [0.05, 0.1) is 45.7 Å². The average molecular weight is 1810 g/mol. The highest BCUT2D eigenvalue weighted by atomic mass is 16.5. The number of nitrogens with two attached hydrogens (primary N) is 1. The van der Waals surface area contributed by atoms with Crippen LogP contribution in [0.2, 0.25) is 0 Å². The minimum absolute atomic E-state index is 0.0573. The standard InChI is InChI=1S/C119H205NO10/c1-7-11-15-19-23-27-31-35-39-43-47-51-55-59-63-67-71-75-93-127-115-102-109(101-105(5)106(115)6)113(121)81-79-91-123-97-99-125-111-87-83-107(84-88-111)118(120)108-85-89-112(90-86-108)126-100-98-124-92-80-82-114(122)110-103-116(128-94-76-72-68-64-60-56-52-48-44-40-36-32-28-24-20-16-12-8-2)119(130-96-78-74-70-66-62-58-54-50-46-42-38-34-30-26-22-18-14-10-4)117(104-110)129-95-77-73-69-65-61-57-53-49-45-41-37-33-29-25-21-17-13-9-3/h83-90,101-104,118H,7-82,91-100,120H2,1-6H3. The molecule has 0 spiro atoms. The van der Waals surface area contributed by atoms with Gasteiger partial charge in [0.2, 0.25) is 5.75 Å². The third-order valence-corrected chi connectivity index (χ3v) is 27.2. The van der Waals surface area contributed by atoms with Gasteiger partial charge in [-0.25, -0.2) is 0 Å². The maximum absolute atomic E-state index is 14.3. The second-order valence-corrected chi connectivity index (χ2v) is 39.2. The summed E-state index contributed by atoms with van der Waals surface area (Å²) in [6.45, 7) is 18.4. The molecule has 4 aromatic rings. The van der Waals surface area contributed by atoms with E-state index in [2.05, 4.69) is 41.5 Å². The number of rotatable bonds is 100. The molecule has 2 N–H and O–H groups in total. The molecule has 0 aliphatic heterocycles. The Morgan fingerprint density at radius 2 is 0.446 bits per heavy atom. The van der Waals surface area contributed by atoms with E-state index in [0.29, 0.717) is 120 Å². The number of Topliss-reactive ketones (excluding diaryl/α,β-unsaturated/α-hetero) is 2. The van der Waals surface area contributed by atoms with Crippen molar-refractivity contribution in [3.8, 4) is 34.5 Å². The average Bonchev–Trinajstić information content (AvgIpc) is 0.816. The molecule has 0 aromatic heterocycles. The lowest BCUT2D eigenvalue weighted by molar-refractivity contribution is 0.0867. The first-order valence-electron chi connectivity index (χ1n) is 56.4. The molecule has 0 bridgehead atoms. The van der Waals surface area contributed by atoms with Crippen molar-refractivity contribution in [1.82, 2.24) is 0 Å². The van der Waals surface area contributed by atoms with Crippen LogP contribution in [0.15, 0.2) is 72.8 Å². The summed E-state index contributed by atoms with van der Waals surface area (Å²) in [4.78, 5) is 27.7. The summed E-state index contributed by atoms with van der Waals surface area (Å²) in [7, 11) is 0. The van der Waals surface area contributed by atoms with Gasteiger partial charge in [-0.15, -0.1) is 0 Å². The zero-order valence-corrected chi connectivity index (χ0v) is 86.0. The normalized spacial score (nSPS) is 11.8. The van der Waals surface area contributed by atoms with Crippen molar-refractivity contribution in [2.24, 2.45) is 5.73 Å². The van der Waals surface area contributed by atoms with Crippen LogP contribution in [0.25, 0.3) is 0 Å². The van der Waals surface area contributed by atoms with E-state index in [1.165, 1.54) is 417 Å². The minimum Gasteiger partial charge on any atom is -0.493 e. The molecule has 0 saturated heterocycles. The molecule has 1 unspecified atom stereocenters. The van der Waals surface area contributed by atoms with E-state index >= 15 is 0 Å². The predicted molar refractivity (Wildman–Crippen MR) is 558 cm³/mol. The first-order valence-corrected chi connectivity index (χ1v) is 56.4. The fourth-order valence-corrected chi connectivity index (χ4v) is 18.3. The Morgan fingerprint density at radius 3 is 0.700 bits per heavy atom. The molecule has 4 aromatic carbocycles. The first kappa shape index (κ1) is 117. The van der Waals surface area contributed by atoms with Crippen LogP contribution in [0, 0.1) is 13.8 Å². The Kier molecular flexibility index (Phi) is 79.3. The summed E-state index contributed by atoms with van der Waals surface area (Å²) in [5, 5.41) is 0. The van der Waals surface area contributed by atoms with Gasteiger partial charge < -0.3 is 43.6 Å². The summed E-state index contributed by atoms with van der Waals surface area (Å²) in [5.74, 6) is 4.45. The number of carbonyl (C=O) groups is 2. The summed E-state index contributed by atoms with van der Waals surface area (Å²) >= 11 is 0. The van der Waals surface area contributed by atoms with E-state index < -0.39 is 0 Å². The van der Waals surface area contributed by atoms with E-state index in [-0.39, 0.29) is 17.6 Å². The van der Waals surface area contributed by atoms with Crippen LogP contribution in [0.5, 0.6) is 34.5 Å². The molecule has 0 saturated carbocycles. The molecule has 0 heterocycles. The van der Waals surface area contributed by atoms with Crippen LogP contribution in [0.4, 0.5) is 0 Å². The zero-order chi connectivity index (χ0) is 92.6. The Labute approximate surface area is 802 Å². The van der Waals surface area contributed by atoms with Gasteiger partial charge in [-0.1, -0.05) is 489 Å². The Bertz CT molecular complexity index is 3090. The lowest BCUT2D eigenvalue weighted by Crippen LogP contribution is -2.12. The van der Waals surface area contributed by atoms with Crippen molar-refractivity contribution in [2.75, 3.05) is 66.1 Å². The van der Waals surface area contributed by atoms with Gasteiger partial charge in [0.1, 0.15) is 30.5 Å². The molecule has 746 valence electrons. The highest BCUT2D eigenvalue weighted by Crippen LogP contribution is 2.41. The Morgan fingerprint density at radius 1 is 0.231 bits per heavy atom. The van der Waals surface area contributed by atoms with Crippen molar-refractivity contribution >= 4 is 11.6 Å². The lowest BCUT2D eigenvalue weighted by Gasteiger charge is -2.19. The predicted octanol–water partition coefficient (Wildman–Crippen LogP) is 37.2. The fourth-order valence-electron chi connectivity index (χ4n) is 18.3. The maximum Gasteiger partial charge on any atom is 0.203 e. The van der Waals surface area contributed by atoms with Crippen molar-refractivity contribution < 1.29 is 47.5 Å². The summed E-state index contributed by atoms with van der Waals surface area (Å²) in [6, 6.07) is 23.4. The Balaban J connectivity index is 1.19. The van der Waals surface area contributed by atoms with E-state index in [4.69, 9.17) is 43.6 Å². The molecule has 1 atom stereocenters. The Hall–Kier alpha value is -5.10. The lowest BCUT2D eigenvalue weighted by atomic mass is 9.99. The molecule has 0 aliphatic rings. The van der Waals surface area contributed by atoms with E-state index in [1.807, 2.05) is 72.8 Å². The summed E-state index contributed by atoms with van der Waals surface area (Å²) in [5.41, 5.74) is 12.3. The van der Waals surface area contributed by atoms with Gasteiger partial charge >= 0.3 is 0 Å². The highest BCUT2D eigenvalue weighted by molar-refractivity contribution is 5.97. The van der Waals surface area contributed by atoms with Crippen LogP contribution in [0.1, 0.15) is 565 Å². The molecule has 0 radical (unpaired) electrons. The van der Waals surface area contributed by atoms with E-state index in [1.54, 1.807) is 0 Å². The van der Waals surface area contributed by atoms with Crippen molar-refractivity contribution in [3.05, 3.63) is 106 Å². The van der Waals surface area contributed by atoms with Crippen molar-refractivity contribution in [3.63, 3.8) is 0 Å². The third kappa shape index (κ3) is 65.6. The van der Waals surface area contributed by atoms with E-state index in [0.717, 1.165) is 84.4 Å². The summed E-state index contributed by atoms with van der Waals surface area (Å²) in [6.07, 6.45) is 98.9. The third-order valence-electron chi connectivity index (χ3n) is 27.2. The topological polar surface area (TPSA) is 134 Å². The molecular formula is C119H205NO10. The largest absolute Gasteiger partial charge is 0.493 e. The molecule has 0 aliphatic carbocycles. The number of ether oxygens (including phenoxy) is 8. The number of benzene rings is 4. The van der Waals surface area contributed by atoms with Gasteiger partial charge in [0, 0.05) is 37.2 Å². The van der Waals surface area contributed by atoms with Crippen LogP contribution in [0.3, 0.4) is 0 Å². The molecule has 11 heteroatoms. The molecule has 0 fully saturated rings. The number of hydrogen-bond acceptors (Lipinski definition) is 11. The fraction of sp³-hybridized carbons (Fsp3) is 0.782. The van der Waals surface area contributed by atoms with Gasteiger partial charge in [-0.3, -0.25) is 9.59 Å². The van der Waals surface area contributed by atoms with Crippen LogP contribution in [-0.2, 0) is 9.47 Å². The van der Waals surface area contributed by atoms with Crippen molar-refractivity contribution in [1.29, 1.82) is 0 Å². The monoisotopic (exact) mass is 1810 g/mol. The first-order chi connectivity index (χ1) is 64.2. The molecular weight excluding hydrogens is 1600 g/mol. The van der Waals surface area contributed by atoms with Crippen LogP contribution >= 0.6 is 0 Å². The zero-order valence-electron chi connectivity index (χ0n) is 86.0.